The Balaban J connectivity index is 3.29. The van der Waals surface area contributed by atoms with E-state index >= 15 is 0 Å². The van der Waals surface area contributed by atoms with Crippen LogP contribution < -0.4 is 0 Å². The van der Waals surface area contributed by atoms with Crippen LogP contribution in [0.1, 0.15) is 52.2 Å². The average Bonchev–Trinajstić information content (AvgIpc) is 2.16. The maximum Gasteiger partial charge on any atom is 0.121 e. The normalized spacial score (nSPS) is 12.9. The molecule has 2 N–H and O–H groups in total. The van der Waals surface area contributed by atoms with Gasteiger partial charge in [0.25, 0.3) is 0 Å². The molecular formula is C14H22O2. The molecule has 2 heteroatoms. The number of phenolic OH excluding ortho intramolecular Hbond substituents is 1. The summed E-state index contributed by atoms with van der Waals surface area (Å²) in [6, 6.07) is 5.49. The highest BCUT2D eigenvalue weighted by Gasteiger charge is 2.24. The Labute approximate surface area is 97.9 Å². The highest BCUT2D eigenvalue weighted by atomic mass is 16.3. The van der Waals surface area contributed by atoms with Gasteiger partial charge in [0.15, 0.2) is 0 Å². The van der Waals surface area contributed by atoms with Crippen LogP contribution in [0.4, 0.5) is 0 Å². The van der Waals surface area contributed by atoms with E-state index in [1.54, 1.807) is 19.9 Å². The van der Waals surface area contributed by atoms with Crippen molar-refractivity contribution in [2.75, 3.05) is 0 Å². The monoisotopic (exact) mass is 222 g/mol. The molecule has 0 saturated carbocycles. The summed E-state index contributed by atoms with van der Waals surface area (Å²) < 4.78 is 0. The maximum absolute atomic E-state index is 9.97. The molecule has 0 aliphatic rings. The fraction of sp³-hybridized carbons (Fsp3) is 0.571. The number of hydrogen-bond donors (Lipinski definition) is 2. The van der Waals surface area contributed by atoms with E-state index < -0.39 is 5.60 Å². The molecule has 0 aromatic heterocycles. The second-order valence-electron chi connectivity index (χ2n) is 5.53. The predicted molar refractivity (Wildman–Crippen MR) is 66.7 cm³/mol. The standard InChI is InChI=1S/C14H22O2/c1-6-13(2,3)10-7-8-12(15)11(9-10)14(4,5)16/h7-9,15-16H,6H2,1-5H3. The third kappa shape index (κ3) is 2.56. The van der Waals surface area contributed by atoms with Gasteiger partial charge in [0.1, 0.15) is 5.75 Å². The van der Waals surface area contributed by atoms with Crippen LogP contribution >= 0.6 is 0 Å². The van der Waals surface area contributed by atoms with Crippen molar-refractivity contribution in [3.8, 4) is 5.75 Å². The van der Waals surface area contributed by atoms with Gasteiger partial charge < -0.3 is 10.2 Å². The molecule has 0 spiro atoms. The van der Waals surface area contributed by atoms with E-state index in [0.29, 0.717) is 5.56 Å². The zero-order valence-corrected chi connectivity index (χ0v) is 10.8. The van der Waals surface area contributed by atoms with E-state index in [9.17, 15) is 10.2 Å². The number of rotatable bonds is 3. The summed E-state index contributed by atoms with van der Waals surface area (Å²) >= 11 is 0. The first-order valence-corrected chi connectivity index (χ1v) is 5.75. The molecule has 0 aliphatic heterocycles. The molecule has 0 amide bonds. The van der Waals surface area contributed by atoms with Gasteiger partial charge >= 0.3 is 0 Å². The smallest absolute Gasteiger partial charge is 0.121 e. The Morgan fingerprint density at radius 1 is 1.12 bits per heavy atom. The molecule has 0 unspecified atom stereocenters. The molecule has 16 heavy (non-hydrogen) atoms. The van der Waals surface area contributed by atoms with Gasteiger partial charge in [0.2, 0.25) is 0 Å². The lowest BCUT2D eigenvalue weighted by atomic mass is 9.80. The second kappa shape index (κ2) is 4.10. The van der Waals surface area contributed by atoms with E-state index in [4.69, 9.17) is 0 Å². The molecule has 2 nitrogen and oxygen atoms in total. The Bertz CT molecular complexity index is 373. The fourth-order valence-electron chi connectivity index (χ4n) is 1.65. The first-order valence-electron chi connectivity index (χ1n) is 5.75. The van der Waals surface area contributed by atoms with Crippen molar-refractivity contribution in [3.63, 3.8) is 0 Å². The maximum atomic E-state index is 9.97. The summed E-state index contributed by atoms with van der Waals surface area (Å²) in [6.45, 7) is 9.83. The Kier molecular flexibility index (Phi) is 3.34. The fourth-order valence-corrected chi connectivity index (χ4v) is 1.65. The van der Waals surface area contributed by atoms with Gasteiger partial charge in [-0.3, -0.25) is 0 Å². The van der Waals surface area contributed by atoms with Gasteiger partial charge in [-0.2, -0.15) is 0 Å². The lowest BCUT2D eigenvalue weighted by Crippen LogP contribution is -2.20. The van der Waals surface area contributed by atoms with Gasteiger partial charge in [-0.05, 0) is 43.4 Å². The molecule has 1 rings (SSSR count). The van der Waals surface area contributed by atoms with E-state index in [0.717, 1.165) is 12.0 Å². The van der Waals surface area contributed by atoms with Gasteiger partial charge in [-0.25, -0.2) is 0 Å². The Morgan fingerprint density at radius 3 is 2.12 bits per heavy atom. The second-order valence-corrected chi connectivity index (χ2v) is 5.53. The predicted octanol–water partition coefficient (Wildman–Crippen LogP) is 3.31. The molecule has 90 valence electrons. The van der Waals surface area contributed by atoms with Crippen molar-refractivity contribution < 1.29 is 10.2 Å². The molecule has 0 fully saturated rings. The van der Waals surface area contributed by atoms with Crippen molar-refractivity contribution in [2.24, 2.45) is 0 Å². The summed E-state index contributed by atoms with van der Waals surface area (Å²) in [7, 11) is 0. The minimum atomic E-state index is -1.01. The molecule has 0 atom stereocenters. The first-order chi connectivity index (χ1) is 7.18. The summed E-state index contributed by atoms with van der Waals surface area (Å²) in [5, 5.41) is 19.7. The number of phenols is 1. The van der Waals surface area contributed by atoms with Crippen molar-refractivity contribution in [2.45, 2.75) is 52.1 Å². The number of aromatic hydroxyl groups is 1. The van der Waals surface area contributed by atoms with Crippen LogP contribution in [0.25, 0.3) is 0 Å². The van der Waals surface area contributed by atoms with Crippen LogP contribution in [-0.4, -0.2) is 10.2 Å². The quantitative estimate of drug-likeness (QED) is 0.823. The van der Waals surface area contributed by atoms with Crippen LogP contribution in [0.3, 0.4) is 0 Å². The molecule has 0 saturated heterocycles. The summed E-state index contributed by atoms with van der Waals surface area (Å²) in [6.07, 6.45) is 1.02. The Morgan fingerprint density at radius 2 is 1.69 bits per heavy atom. The molecule has 0 bridgehead atoms. The largest absolute Gasteiger partial charge is 0.508 e. The molecule has 0 aliphatic carbocycles. The van der Waals surface area contributed by atoms with Crippen molar-refractivity contribution in [3.05, 3.63) is 29.3 Å². The zero-order valence-electron chi connectivity index (χ0n) is 10.8. The Hall–Kier alpha value is -1.02. The average molecular weight is 222 g/mol. The van der Waals surface area contributed by atoms with Crippen molar-refractivity contribution in [1.82, 2.24) is 0 Å². The third-order valence-electron chi connectivity index (χ3n) is 3.32. The molecule has 0 radical (unpaired) electrons. The summed E-state index contributed by atoms with van der Waals surface area (Å²) in [5.74, 6) is 0.156. The van der Waals surface area contributed by atoms with Crippen molar-refractivity contribution in [1.29, 1.82) is 0 Å². The lowest BCUT2D eigenvalue weighted by Gasteiger charge is -2.27. The van der Waals surface area contributed by atoms with E-state index in [1.807, 2.05) is 12.1 Å². The highest BCUT2D eigenvalue weighted by Crippen LogP contribution is 2.34. The van der Waals surface area contributed by atoms with Crippen LogP contribution in [0.15, 0.2) is 18.2 Å². The molecule has 0 heterocycles. The number of hydrogen-bond acceptors (Lipinski definition) is 2. The first kappa shape index (κ1) is 13.0. The van der Waals surface area contributed by atoms with Gasteiger partial charge in [0, 0.05) is 5.56 Å². The molecule has 1 aromatic carbocycles. The minimum Gasteiger partial charge on any atom is -0.508 e. The molecular weight excluding hydrogens is 200 g/mol. The van der Waals surface area contributed by atoms with Crippen LogP contribution in [-0.2, 0) is 11.0 Å². The zero-order chi connectivity index (χ0) is 12.6. The van der Waals surface area contributed by atoms with E-state index in [2.05, 4.69) is 20.8 Å². The SMILES string of the molecule is CCC(C)(C)c1ccc(O)c(C(C)(C)O)c1. The molecule has 1 aromatic rings. The van der Waals surface area contributed by atoms with Crippen LogP contribution in [0, 0.1) is 0 Å². The van der Waals surface area contributed by atoms with E-state index in [1.165, 1.54) is 0 Å². The number of aliphatic hydroxyl groups is 1. The number of benzene rings is 1. The third-order valence-corrected chi connectivity index (χ3v) is 3.32. The van der Waals surface area contributed by atoms with Crippen LogP contribution in [0.2, 0.25) is 0 Å². The summed E-state index contributed by atoms with van der Waals surface area (Å²) in [4.78, 5) is 0. The summed E-state index contributed by atoms with van der Waals surface area (Å²) in [5.41, 5.74) is 0.786. The topological polar surface area (TPSA) is 40.5 Å². The van der Waals surface area contributed by atoms with Crippen molar-refractivity contribution >= 4 is 0 Å². The van der Waals surface area contributed by atoms with E-state index in [-0.39, 0.29) is 11.2 Å². The van der Waals surface area contributed by atoms with Gasteiger partial charge in [0.05, 0.1) is 5.60 Å². The van der Waals surface area contributed by atoms with Gasteiger partial charge in [-0.15, -0.1) is 0 Å². The highest BCUT2D eigenvalue weighted by molar-refractivity contribution is 5.41. The lowest BCUT2D eigenvalue weighted by molar-refractivity contribution is 0.0756. The van der Waals surface area contributed by atoms with Gasteiger partial charge in [-0.1, -0.05) is 26.8 Å². The minimum absolute atomic E-state index is 0.0632. The van der Waals surface area contributed by atoms with Crippen LogP contribution in [0.5, 0.6) is 5.75 Å².